The van der Waals surface area contributed by atoms with Crippen LogP contribution in [-0.2, 0) is 12.8 Å². The molecule has 0 fully saturated rings. The Balaban J connectivity index is 2.00. The molecule has 2 heterocycles. The van der Waals surface area contributed by atoms with Gasteiger partial charge in [-0.3, -0.25) is 0 Å². The molecule has 29 heavy (non-hydrogen) atoms. The lowest BCUT2D eigenvalue weighted by molar-refractivity contribution is 0.183. The summed E-state index contributed by atoms with van der Waals surface area (Å²) in [6, 6.07) is 6.32. The number of aromatic nitrogens is 2. The molecule has 0 radical (unpaired) electrons. The molecule has 1 unspecified atom stereocenters. The van der Waals surface area contributed by atoms with Gasteiger partial charge in [-0.1, -0.05) is 32.4 Å². The third kappa shape index (κ3) is 4.53. The fourth-order valence-corrected chi connectivity index (χ4v) is 4.46. The molecule has 0 saturated carbocycles. The minimum atomic E-state index is 0.250. The van der Waals surface area contributed by atoms with Crippen LogP contribution in [0.3, 0.4) is 0 Å². The van der Waals surface area contributed by atoms with Crippen molar-refractivity contribution in [3.05, 3.63) is 46.8 Å². The van der Waals surface area contributed by atoms with E-state index in [2.05, 4.69) is 45.9 Å². The number of rotatable bonds is 8. The van der Waals surface area contributed by atoms with Crippen molar-refractivity contribution >= 4 is 5.57 Å². The summed E-state index contributed by atoms with van der Waals surface area (Å²) in [7, 11) is 0. The van der Waals surface area contributed by atoms with E-state index in [1.165, 1.54) is 16.7 Å². The van der Waals surface area contributed by atoms with Crippen LogP contribution in [0.1, 0.15) is 63.1 Å². The normalized spacial score (nSPS) is 16.9. The van der Waals surface area contributed by atoms with Crippen molar-refractivity contribution in [2.24, 2.45) is 11.8 Å². The number of nitrogens with zero attached hydrogens (tertiary/aromatic N) is 2. The molecule has 0 saturated heterocycles. The second-order valence-corrected chi connectivity index (χ2v) is 8.04. The van der Waals surface area contributed by atoms with E-state index in [9.17, 15) is 5.11 Å². The molecule has 0 aliphatic heterocycles. The molecular formula is C25H34N2O2. The van der Waals surface area contributed by atoms with Crippen LogP contribution in [0.2, 0.25) is 0 Å². The van der Waals surface area contributed by atoms with Crippen LogP contribution in [0.5, 0.6) is 5.88 Å². The number of ether oxygens (including phenoxy) is 1. The van der Waals surface area contributed by atoms with Crippen molar-refractivity contribution in [2.45, 2.75) is 60.3 Å². The summed E-state index contributed by atoms with van der Waals surface area (Å²) in [4.78, 5) is 9.79. The van der Waals surface area contributed by atoms with Gasteiger partial charge in [-0.15, -0.1) is 0 Å². The van der Waals surface area contributed by atoms with Gasteiger partial charge in [-0.2, -0.15) is 0 Å². The molecule has 2 aromatic rings. The lowest BCUT2D eigenvalue weighted by atomic mass is 9.78. The highest BCUT2D eigenvalue weighted by Crippen LogP contribution is 2.36. The molecule has 1 aliphatic rings. The number of aliphatic hydroxyl groups is 1. The first-order valence-electron chi connectivity index (χ1n) is 11.0. The van der Waals surface area contributed by atoms with Crippen LogP contribution < -0.4 is 4.74 Å². The second-order valence-electron chi connectivity index (χ2n) is 8.04. The maximum atomic E-state index is 9.85. The van der Waals surface area contributed by atoms with Gasteiger partial charge in [-0.05, 0) is 74.6 Å². The van der Waals surface area contributed by atoms with Crippen LogP contribution in [0, 0.1) is 18.8 Å². The number of allylic oxidation sites excluding steroid dienone is 2. The Kier molecular flexibility index (Phi) is 7.07. The Labute approximate surface area is 175 Å². The monoisotopic (exact) mass is 394 g/mol. The van der Waals surface area contributed by atoms with E-state index in [1.807, 2.05) is 13.0 Å². The van der Waals surface area contributed by atoms with E-state index < -0.39 is 0 Å². The van der Waals surface area contributed by atoms with Crippen molar-refractivity contribution in [2.75, 3.05) is 13.2 Å². The number of aliphatic hydroxyl groups excluding tert-OH is 1. The topological polar surface area (TPSA) is 55.2 Å². The Morgan fingerprint density at radius 2 is 1.93 bits per heavy atom. The van der Waals surface area contributed by atoms with Crippen molar-refractivity contribution < 1.29 is 9.84 Å². The van der Waals surface area contributed by atoms with Gasteiger partial charge in [0.1, 0.15) is 0 Å². The molecule has 2 atom stereocenters. The Hall–Kier alpha value is -2.20. The van der Waals surface area contributed by atoms with E-state index in [4.69, 9.17) is 14.7 Å². The second kappa shape index (κ2) is 9.53. The van der Waals surface area contributed by atoms with Gasteiger partial charge in [0.2, 0.25) is 5.88 Å². The molecule has 1 aliphatic carbocycles. The van der Waals surface area contributed by atoms with Crippen molar-refractivity contribution in [3.8, 4) is 17.1 Å². The number of aryl methyl sites for hydroxylation is 2. The summed E-state index contributed by atoms with van der Waals surface area (Å²) >= 11 is 0. The Morgan fingerprint density at radius 3 is 2.59 bits per heavy atom. The quantitative estimate of drug-likeness (QED) is 0.651. The lowest BCUT2D eigenvalue weighted by Gasteiger charge is -2.29. The van der Waals surface area contributed by atoms with Gasteiger partial charge in [0, 0.05) is 18.2 Å². The first-order valence-corrected chi connectivity index (χ1v) is 11.0. The molecule has 4 heteroatoms. The van der Waals surface area contributed by atoms with Crippen molar-refractivity contribution in [1.82, 2.24) is 9.97 Å². The van der Waals surface area contributed by atoms with Crippen LogP contribution in [0.25, 0.3) is 16.8 Å². The van der Waals surface area contributed by atoms with Gasteiger partial charge < -0.3 is 9.84 Å². The molecular weight excluding hydrogens is 360 g/mol. The first-order chi connectivity index (χ1) is 14.0. The van der Waals surface area contributed by atoms with Crippen LogP contribution in [0.4, 0.5) is 0 Å². The zero-order valence-electron chi connectivity index (χ0n) is 18.5. The maximum Gasteiger partial charge on any atom is 0.213 e. The van der Waals surface area contributed by atoms with Gasteiger partial charge in [0.25, 0.3) is 0 Å². The van der Waals surface area contributed by atoms with Gasteiger partial charge in [-0.25, -0.2) is 9.97 Å². The number of hydrogen-bond donors (Lipinski definition) is 1. The summed E-state index contributed by atoms with van der Waals surface area (Å²) in [5, 5.41) is 9.85. The Bertz CT molecular complexity index is 889. The number of fused-ring (bicyclic) bond motifs is 1. The SMILES string of the molecule is CCC[C@H](CO)C1C=C(C)c2nc(-c3ccc(OCC)nc3CC)c(C)cc2C1. The standard InChI is InChI=1S/C25H34N2O2/c1-6-9-18(15-28)19-12-16(4)24-20(14-19)13-17(5)25(27-24)21-10-11-23(29-8-3)26-22(21)7-2/h10-13,18-19,28H,6-9,14-15H2,1-5H3/t18-,19?/m1/s1. The van der Waals surface area contributed by atoms with E-state index >= 15 is 0 Å². The number of pyridine rings is 2. The smallest absolute Gasteiger partial charge is 0.213 e. The summed E-state index contributed by atoms with van der Waals surface area (Å²) in [6.45, 7) is 11.4. The third-order valence-electron chi connectivity index (χ3n) is 5.92. The van der Waals surface area contributed by atoms with E-state index in [0.29, 0.717) is 24.3 Å². The van der Waals surface area contributed by atoms with Gasteiger partial charge in [0.15, 0.2) is 0 Å². The first kappa shape index (κ1) is 21.5. The molecule has 2 aromatic heterocycles. The Morgan fingerprint density at radius 1 is 1.14 bits per heavy atom. The highest BCUT2D eigenvalue weighted by Gasteiger charge is 2.26. The highest BCUT2D eigenvalue weighted by molar-refractivity contribution is 5.73. The van der Waals surface area contributed by atoms with Crippen LogP contribution in [0.15, 0.2) is 24.3 Å². The molecule has 4 nitrogen and oxygen atoms in total. The average Bonchev–Trinajstić information content (AvgIpc) is 2.71. The minimum Gasteiger partial charge on any atom is -0.478 e. The zero-order valence-corrected chi connectivity index (χ0v) is 18.5. The summed E-state index contributed by atoms with van der Waals surface area (Å²) in [5.74, 6) is 1.39. The maximum absolute atomic E-state index is 9.85. The van der Waals surface area contributed by atoms with Crippen LogP contribution >= 0.6 is 0 Å². The molecule has 3 rings (SSSR count). The molecule has 1 N–H and O–H groups in total. The third-order valence-corrected chi connectivity index (χ3v) is 5.92. The van der Waals surface area contributed by atoms with E-state index in [-0.39, 0.29) is 6.61 Å². The van der Waals surface area contributed by atoms with Crippen molar-refractivity contribution in [1.29, 1.82) is 0 Å². The number of hydrogen-bond acceptors (Lipinski definition) is 4. The lowest BCUT2D eigenvalue weighted by Crippen LogP contribution is -2.23. The highest BCUT2D eigenvalue weighted by atomic mass is 16.5. The zero-order chi connectivity index (χ0) is 21.0. The summed E-state index contributed by atoms with van der Waals surface area (Å²) in [5.41, 5.74) is 7.89. The van der Waals surface area contributed by atoms with Crippen LogP contribution in [-0.4, -0.2) is 28.3 Å². The molecule has 0 bridgehead atoms. The molecule has 156 valence electrons. The van der Waals surface area contributed by atoms with Gasteiger partial charge >= 0.3 is 0 Å². The molecule has 0 amide bonds. The average molecular weight is 395 g/mol. The van der Waals surface area contributed by atoms with E-state index in [0.717, 1.165) is 48.3 Å². The molecule has 0 spiro atoms. The summed E-state index contributed by atoms with van der Waals surface area (Å²) in [6.07, 6.45) is 6.27. The molecule has 0 aromatic carbocycles. The summed E-state index contributed by atoms with van der Waals surface area (Å²) < 4.78 is 5.58. The predicted octanol–water partition coefficient (Wildman–Crippen LogP) is 5.40. The minimum absolute atomic E-state index is 0.250. The largest absolute Gasteiger partial charge is 0.478 e. The van der Waals surface area contributed by atoms with Gasteiger partial charge in [0.05, 0.1) is 23.7 Å². The van der Waals surface area contributed by atoms with Crippen molar-refractivity contribution in [3.63, 3.8) is 0 Å². The fourth-order valence-electron chi connectivity index (χ4n) is 4.46. The fraction of sp³-hybridized carbons (Fsp3) is 0.520. The predicted molar refractivity (Wildman–Crippen MR) is 119 cm³/mol. The van der Waals surface area contributed by atoms with E-state index in [1.54, 1.807) is 0 Å².